The maximum atomic E-state index is 12.5. The van der Waals surface area contributed by atoms with Gasteiger partial charge >= 0.3 is 0 Å². The molecule has 0 aliphatic rings. The molecule has 0 aliphatic carbocycles. The van der Waals surface area contributed by atoms with Crippen molar-refractivity contribution in [2.24, 2.45) is 0 Å². The quantitative estimate of drug-likeness (QED) is 0.617. The molecule has 0 unspecified atom stereocenters. The SMILES string of the molecule is COc1nc(N)nc(OC)c1C(O)(O)C(F)F. The van der Waals surface area contributed by atoms with Gasteiger partial charge in [-0.25, -0.2) is 8.78 Å². The molecule has 17 heavy (non-hydrogen) atoms. The third-order valence-electron chi connectivity index (χ3n) is 1.92. The Morgan fingerprint density at radius 2 is 1.59 bits per heavy atom. The van der Waals surface area contributed by atoms with E-state index in [1.165, 1.54) is 0 Å². The highest BCUT2D eigenvalue weighted by molar-refractivity contribution is 5.43. The van der Waals surface area contributed by atoms with E-state index in [9.17, 15) is 19.0 Å². The zero-order valence-electron chi connectivity index (χ0n) is 9.02. The molecule has 0 aromatic carbocycles. The molecule has 0 atom stereocenters. The van der Waals surface area contributed by atoms with Gasteiger partial charge in [0, 0.05) is 0 Å². The van der Waals surface area contributed by atoms with Crippen molar-refractivity contribution in [3.8, 4) is 11.8 Å². The number of rotatable bonds is 4. The van der Waals surface area contributed by atoms with Crippen LogP contribution in [-0.4, -0.2) is 40.8 Å². The van der Waals surface area contributed by atoms with Crippen LogP contribution >= 0.6 is 0 Å². The summed E-state index contributed by atoms with van der Waals surface area (Å²) in [6, 6.07) is 0. The molecule has 1 rings (SSSR count). The maximum Gasteiger partial charge on any atom is 0.296 e. The first-order valence-corrected chi connectivity index (χ1v) is 4.33. The number of anilines is 1. The molecule has 0 saturated heterocycles. The van der Waals surface area contributed by atoms with Crippen molar-refractivity contribution in [3.05, 3.63) is 5.56 Å². The summed E-state index contributed by atoms with van der Waals surface area (Å²) in [5, 5.41) is 18.6. The second kappa shape index (κ2) is 4.63. The number of hydrogen-bond acceptors (Lipinski definition) is 7. The molecule has 0 spiro atoms. The molecular weight excluding hydrogens is 240 g/mol. The number of nitrogens with two attached hydrogens (primary N) is 1. The molecule has 96 valence electrons. The van der Waals surface area contributed by atoms with Crippen LogP contribution in [0.1, 0.15) is 5.56 Å². The molecule has 0 saturated carbocycles. The van der Waals surface area contributed by atoms with E-state index in [0.717, 1.165) is 14.2 Å². The van der Waals surface area contributed by atoms with Gasteiger partial charge in [0.2, 0.25) is 17.7 Å². The van der Waals surface area contributed by atoms with Gasteiger partial charge in [0.1, 0.15) is 5.56 Å². The van der Waals surface area contributed by atoms with Gasteiger partial charge in [0.15, 0.2) is 0 Å². The van der Waals surface area contributed by atoms with Gasteiger partial charge in [-0.1, -0.05) is 0 Å². The van der Waals surface area contributed by atoms with Crippen LogP contribution in [0.3, 0.4) is 0 Å². The van der Waals surface area contributed by atoms with Gasteiger partial charge in [-0.3, -0.25) is 0 Å². The molecule has 4 N–H and O–H groups in total. The van der Waals surface area contributed by atoms with E-state index in [1.807, 2.05) is 0 Å². The summed E-state index contributed by atoms with van der Waals surface area (Å²) in [4.78, 5) is 6.92. The van der Waals surface area contributed by atoms with Gasteiger partial charge in [0.25, 0.3) is 12.2 Å². The first-order chi connectivity index (χ1) is 7.84. The highest BCUT2D eigenvalue weighted by Gasteiger charge is 2.44. The average Bonchev–Trinajstić information content (AvgIpc) is 2.26. The second-order valence-electron chi connectivity index (χ2n) is 3.00. The lowest BCUT2D eigenvalue weighted by Gasteiger charge is -2.23. The summed E-state index contributed by atoms with van der Waals surface area (Å²) in [5.74, 6) is -4.81. The number of methoxy groups -OCH3 is 2. The van der Waals surface area contributed by atoms with Crippen molar-refractivity contribution in [2.75, 3.05) is 20.0 Å². The molecule has 0 fully saturated rings. The van der Waals surface area contributed by atoms with Crippen LogP contribution < -0.4 is 15.2 Å². The molecule has 1 aromatic rings. The van der Waals surface area contributed by atoms with Gasteiger partial charge in [-0.05, 0) is 0 Å². The topological polar surface area (TPSA) is 111 Å². The number of halogens is 2. The Balaban J connectivity index is 3.49. The molecule has 0 aliphatic heterocycles. The number of nitrogen functional groups attached to an aromatic ring is 1. The van der Waals surface area contributed by atoms with E-state index >= 15 is 0 Å². The lowest BCUT2D eigenvalue weighted by molar-refractivity contribution is -0.250. The monoisotopic (exact) mass is 251 g/mol. The largest absolute Gasteiger partial charge is 0.480 e. The van der Waals surface area contributed by atoms with Crippen molar-refractivity contribution in [1.29, 1.82) is 0 Å². The van der Waals surface area contributed by atoms with Crippen molar-refractivity contribution >= 4 is 5.95 Å². The highest BCUT2D eigenvalue weighted by atomic mass is 19.3. The molecule has 0 radical (unpaired) electrons. The number of aliphatic hydroxyl groups is 2. The van der Waals surface area contributed by atoms with Crippen LogP contribution in [0, 0.1) is 0 Å². The number of ether oxygens (including phenoxy) is 2. The predicted molar refractivity (Wildman–Crippen MR) is 51.7 cm³/mol. The summed E-state index contributed by atoms with van der Waals surface area (Å²) in [6.07, 6.45) is -3.50. The molecule has 9 heteroatoms. The van der Waals surface area contributed by atoms with E-state index in [2.05, 4.69) is 19.4 Å². The first-order valence-electron chi connectivity index (χ1n) is 4.33. The van der Waals surface area contributed by atoms with Crippen LogP contribution in [0.2, 0.25) is 0 Å². The summed E-state index contributed by atoms with van der Waals surface area (Å²) >= 11 is 0. The number of alkyl halides is 2. The fraction of sp³-hybridized carbons (Fsp3) is 0.500. The minimum Gasteiger partial charge on any atom is -0.480 e. The van der Waals surface area contributed by atoms with Crippen LogP contribution in [0.25, 0.3) is 0 Å². The lowest BCUT2D eigenvalue weighted by atomic mass is 10.1. The number of hydrogen-bond donors (Lipinski definition) is 3. The molecule has 7 nitrogen and oxygen atoms in total. The van der Waals surface area contributed by atoms with Gasteiger partial charge in [-0.15, -0.1) is 0 Å². The van der Waals surface area contributed by atoms with E-state index < -0.39 is 29.5 Å². The Kier molecular flexibility index (Phi) is 3.63. The third-order valence-corrected chi connectivity index (χ3v) is 1.92. The standard InChI is InChI=1S/C8H11F2N3O4/c1-16-4-3(8(14,15)6(9)10)5(17-2)13-7(11)12-4/h6,14-15H,1-2H3,(H2,11,12,13). The van der Waals surface area contributed by atoms with E-state index in [0.29, 0.717) is 0 Å². The summed E-state index contributed by atoms with van der Waals surface area (Å²) in [5.41, 5.74) is 4.48. The molecule has 1 aromatic heterocycles. The minimum absolute atomic E-state index is 0.312. The Labute approximate surface area is 94.8 Å². The Bertz CT molecular complexity index is 389. The predicted octanol–water partition coefficient (Wildman–Crippen LogP) is -0.522. The molecule has 1 heterocycles. The molecule has 0 bridgehead atoms. The van der Waals surface area contributed by atoms with Crippen molar-refractivity contribution < 1.29 is 28.5 Å². The van der Waals surface area contributed by atoms with Crippen LogP contribution in [-0.2, 0) is 5.79 Å². The van der Waals surface area contributed by atoms with Gasteiger partial charge < -0.3 is 25.4 Å². The van der Waals surface area contributed by atoms with E-state index in [1.54, 1.807) is 0 Å². The number of nitrogens with zero attached hydrogens (tertiary/aromatic N) is 2. The fourth-order valence-corrected chi connectivity index (χ4v) is 1.16. The fourth-order valence-electron chi connectivity index (χ4n) is 1.16. The third kappa shape index (κ3) is 2.34. The van der Waals surface area contributed by atoms with Crippen LogP contribution in [0.5, 0.6) is 11.8 Å². The normalized spacial score (nSPS) is 11.7. The zero-order chi connectivity index (χ0) is 13.2. The van der Waals surface area contributed by atoms with Crippen LogP contribution in [0.15, 0.2) is 0 Å². The Morgan fingerprint density at radius 1 is 1.18 bits per heavy atom. The smallest absolute Gasteiger partial charge is 0.296 e. The summed E-state index contributed by atoms with van der Waals surface area (Å²) < 4.78 is 34.3. The van der Waals surface area contributed by atoms with Crippen LogP contribution in [0.4, 0.5) is 14.7 Å². The van der Waals surface area contributed by atoms with Gasteiger partial charge in [0.05, 0.1) is 14.2 Å². The van der Waals surface area contributed by atoms with Crippen molar-refractivity contribution in [3.63, 3.8) is 0 Å². The van der Waals surface area contributed by atoms with E-state index in [4.69, 9.17) is 5.73 Å². The Morgan fingerprint density at radius 3 is 1.88 bits per heavy atom. The molecular formula is C8H11F2N3O4. The van der Waals surface area contributed by atoms with Crippen molar-refractivity contribution in [1.82, 2.24) is 9.97 Å². The maximum absolute atomic E-state index is 12.5. The lowest BCUT2D eigenvalue weighted by Crippen LogP contribution is -2.35. The summed E-state index contributed by atoms with van der Waals surface area (Å²) in [6.45, 7) is 0. The zero-order valence-corrected chi connectivity index (χ0v) is 9.02. The number of aromatic nitrogens is 2. The Hall–Kier alpha value is -1.74. The summed E-state index contributed by atoms with van der Waals surface area (Å²) in [7, 11) is 2.21. The minimum atomic E-state index is -3.50. The first kappa shape index (κ1) is 13.3. The van der Waals surface area contributed by atoms with E-state index in [-0.39, 0.29) is 5.95 Å². The highest BCUT2D eigenvalue weighted by Crippen LogP contribution is 2.37. The second-order valence-corrected chi connectivity index (χ2v) is 3.00. The van der Waals surface area contributed by atoms with Crippen molar-refractivity contribution in [2.45, 2.75) is 12.2 Å². The molecule has 0 amide bonds. The average molecular weight is 251 g/mol. The van der Waals surface area contributed by atoms with Gasteiger partial charge in [-0.2, -0.15) is 9.97 Å².